The van der Waals surface area contributed by atoms with Crippen LogP contribution in [0.15, 0.2) is 54.6 Å². The van der Waals surface area contributed by atoms with Gasteiger partial charge >= 0.3 is 0 Å². The third-order valence-electron chi connectivity index (χ3n) is 4.10. The molecule has 0 saturated carbocycles. The molecule has 0 radical (unpaired) electrons. The molecule has 8 nitrogen and oxygen atoms in total. The molecule has 0 fully saturated rings. The van der Waals surface area contributed by atoms with Crippen LogP contribution in [-0.2, 0) is 14.8 Å². The number of nitrogens with zero attached hydrogens (tertiary/aromatic N) is 3. The molecule has 0 aliphatic carbocycles. The Morgan fingerprint density at radius 1 is 1.14 bits per heavy atom. The van der Waals surface area contributed by atoms with Gasteiger partial charge in [0.15, 0.2) is 6.10 Å². The Morgan fingerprint density at radius 2 is 1.86 bits per heavy atom. The second-order valence-electron chi connectivity index (χ2n) is 6.14. The molecule has 4 rings (SSSR count). The SMILES string of the molecule is CS(=O)(=O)N1C[C@@H](C(=O)Nc2nnc(-c3ccccc3)s2)Oc2ccccc21. The van der Waals surface area contributed by atoms with Crippen LogP contribution < -0.4 is 14.4 Å². The zero-order valence-corrected chi connectivity index (χ0v) is 16.4. The van der Waals surface area contributed by atoms with Gasteiger partial charge in [-0.15, -0.1) is 10.2 Å². The standard InChI is InChI=1S/C18H16N4O4S2/c1-28(24,25)22-11-15(26-14-10-6-5-9-13(14)22)16(23)19-18-21-20-17(27-18)12-7-3-2-4-8-12/h2-10,15H,11H2,1H3,(H,19,21,23)/t15-/m0/s1. The third kappa shape index (κ3) is 3.69. The van der Waals surface area contributed by atoms with Crippen LogP contribution in [0, 0.1) is 0 Å². The number of para-hydroxylation sites is 2. The van der Waals surface area contributed by atoms with Gasteiger partial charge in [-0.25, -0.2) is 8.42 Å². The minimum atomic E-state index is -3.56. The molecule has 1 aliphatic heterocycles. The fourth-order valence-corrected chi connectivity index (χ4v) is 4.48. The highest BCUT2D eigenvalue weighted by molar-refractivity contribution is 7.92. The zero-order valence-electron chi connectivity index (χ0n) is 14.8. The van der Waals surface area contributed by atoms with Crippen molar-refractivity contribution in [3.8, 4) is 16.3 Å². The summed E-state index contributed by atoms with van der Waals surface area (Å²) >= 11 is 1.23. The van der Waals surface area contributed by atoms with Crippen LogP contribution in [0.1, 0.15) is 0 Å². The van der Waals surface area contributed by atoms with Crippen LogP contribution >= 0.6 is 11.3 Å². The van der Waals surface area contributed by atoms with Crippen molar-refractivity contribution in [2.45, 2.75) is 6.10 Å². The topological polar surface area (TPSA) is 101 Å². The van der Waals surface area contributed by atoms with E-state index in [4.69, 9.17) is 4.74 Å². The number of benzene rings is 2. The molecule has 10 heteroatoms. The Labute approximate surface area is 165 Å². The van der Waals surface area contributed by atoms with Crippen molar-refractivity contribution in [2.24, 2.45) is 0 Å². The van der Waals surface area contributed by atoms with Crippen LogP contribution in [0.25, 0.3) is 10.6 Å². The number of fused-ring (bicyclic) bond motifs is 1. The second-order valence-corrected chi connectivity index (χ2v) is 9.02. The van der Waals surface area contributed by atoms with E-state index in [9.17, 15) is 13.2 Å². The predicted octanol–water partition coefficient (Wildman–Crippen LogP) is 2.37. The molecule has 0 bridgehead atoms. The summed E-state index contributed by atoms with van der Waals surface area (Å²) in [7, 11) is -3.56. The van der Waals surface area contributed by atoms with Gasteiger partial charge < -0.3 is 4.74 Å². The van der Waals surface area contributed by atoms with Crippen LogP contribution in [0.4, 0.5) is 10.8 Å². The van der Waals surface area contributed by atoms with Crippen molar-refractivity contribution in [2.75, 3.05) is 22.4 Å². The molecule has 1 aliphatic rings. The maximum absolute atomic E-state index is 12.7. The van der Waals surface area contributed by atoms with Crippen molar-refractivity contribution in [1.82, 2.24) is 10.2 Å². The van der Waals surface area contributed by atoms with Crippen molar-refractivity contribution in [3.05, 3.63) is 54.6 Å². The average Bonchev–Trinajstić information content (AvgIpc) is 3.15. The van der Waals surface area contributed by atoms with E-state index in [0.29, 0.717) is 21.6 Å². The first kappa shape index (κ1) is 18.4. The van der Waals surface area contributed by atoms with Crippen molar-refractivity contribution in [3.63, 3.8) is 0 Å². The highest BCUT2D eigenvalue weighted by Gasteiger charge is 2.35. The van der Waals surface area contributed by atoms with E-state index in [1.165, 1.54) is 15.6 Å². The van der Waals surface area contributed by atoms with Crippen LogP contribution in [0.5, 0.6) is 5.75 Å². The Bertz CT molecular complexity index is 1120. The summed E-state index contributed by atoms with van der Waals surface area (Å²) in [4.78, 5) is 12.7. The summed E-state index contributed by atoms with van der Waals surface area (Å²) in [5.41, 5.74) is 1.31. The molecule has 2 heterocycles. The summed E-state index contributed by atoms with van der Waals surface area (Å²) in [6, 6.07) is 16.2. The van der Waals surface area contributed by atoms with Gasteiger partial charge in [0.05, 0.1) is 18.5 Å². The van der Waals surface area contributed by atoms with E-state index < -0.39 is 22.0 Å². The van der Waals surface area contributed by atoms with Crippen molar-refractivity contribution in [1.29, 1.82) is 0 Å². The third-order valence-corrected chi connectivity index (χ3v) is 6.14. The molecule has 0 unspecified atom stereocenters. The lowest BCUT2D eigenvalue weighted by Crippen LogP contribution is -2.48. The van der Waals surface area contributed by atoms with Gasteiger partial charge in [-0.1, -0.05) is 53.8 Å². The summed E-state index contributed by atoms with van der Waals surface area (Å²) in [5.74, 6) is -0.152. The molecule has 0 saturated heterocycles. The Balaban J connectivity index is 1.54. The van der Waals surface area contributed by atoms with Gasteiger partial charge in [-0.2, -0.15) is 0 Å². The molecule has 144 valence electrons. The summed E-state index contributed by atoms with van der Waals surface area (Å²) in [6.07, 6.45) is 0.0923. The summed E-state index contributed by atoms with van der Waals surface area (Å²) in [5, 5.41) is 11.7. The first-order chi connectivity index (χ1) is 13.4. The highest BCUT2D eigenvalue weighted by atomic mass is 32.2. The fourth-order valence-electron chi connectivity index (χ4n) is 2.81. The first-order valence-electron chi connectivity index (χ1n) is 8.35. The lowest BCUT2D eigenvalue weighted by atomic mass is 10.2. The fraction of sp³-hybridized carbons (Fsp3) is 0.167. The maximum atomic E-state index is 12.7. The number of aromatic nitrogens is 2. The van der Waals surface area contributed by atoms with Crippen LogP contribution in [0.2, 0.25) is 0 Å². The summed E-state index contributed by atoms with van der Waals surface area (Å²) in [6.45, 7) is -0.119. The van der Waals surface area contributed by atoms with Crippen LogP contribution in [-0.4, -0.2) is 43.4 Å². The minimum absolute atomic E-state index is 0.119. The number of amides is 1. The first-order valence-corrected chi connectivity index (χ1v) is 11.0. The van der Waals surface area contributed by atoms with Crippen molar-refractivity contribution >= 4 is 38.1 Å². The molecule has 1 atom stereocenters. The van der Waals surface area contributed by atoms with E-state index in [0.717, 1.165) is 11.8 Å². The number of sulfonamides is 1. The van der Waals surface area contributed by atoms with Gasteiger partial charge in [0.25, 0.3) is 5.91 Å². The molecule has 2 aromatic carbocycles. The van der Waals surface area contributed by atoms with E-state index in [2.05, 4.69) is 15.5 Å². The molecule has 1 amide bonds. The number of ether oxygens (including phenoxy) is 1. The molecule has 0 spiro atoms. The smallest absolute Gasteiger partial charge is 0.269 e. The number of anilines is 2. The molecule has 3 aromatic rings. The quantitative estimate of drug-likeness (QED) is 0.701. The summed E-state index contributed by atoms with van der Waals surface area (Å²) < 4.78 is 31.2. The number of rotatable bonds is 4. The van der Waals surface area contributed by atoms with Gasteiger partial charge in [-0.3, -0.25) is 14.4 Å². The normalized spacial score (nSPS) is 16.2. The lowest BCUT2D eigenvalue weighted by molar-refractivity contribution is -0.122. The number of carbonyl (C=O) groups excluding carboxylic acids is 1. The Morgan fingerprint density at radius 3 is 2.61 bits per heavy atom. The van der Waals surface area contributed by atoms with Crippen LogP contribution in [0.3, 0.4) is 0 Å². The predicted molar refractivity (Wildman–Crippen MR) is 107 cm³/mol. The minimum Gasteiger partial charge on any atom is -0.476 e. The molecule has 1 aromatic heterocycles. The number of carbonyl (C=O) groups is 1. The molecule has 28 heavy (non-hydrogen) atoms. The highest BCUT2D eigenvalue weighted by Crippen LogP contribution is 2.35. The molecular formula is C18H16N4O4S2. The van der Waals surface area contributed by atoms with Crippen molar-refractivity contribution < 1.29 is 17.9 Å². The lowest BCUT2D eigenvalue weighted by Gasteiger charge is -2.33. The van der Waals surface area contributed by atoms with E-state index in [1.54, 1.807) is 24.3 Å². The molecule has 1 N–H and O–H groups in total. The van der Waals surface area contributed by atoms with Gasteiger partial charge in [0, 0.05) is 5.56 Å². The number of hydrogen-bond acceptors (Lipinski definition) is 7. The van der Waals surface area contributed by atoms with Gasteiger partial charge in [0.1, 0.15) is 10.8 Å². The second kappa shape index (κ2) is 7.21. The zero-order chi connectivity index (χ0) is 19.7. The van der Waals surface area contributed by atoms with E-state index >= 15 is 0 Å². The largest absolute Gasteiger partial charge is 0.476 e. The molecular weight excluding hydrogens is 400 g/mol. The Hall–Kier alpha value is -2.98. The maximum Gasteiger partial charge on any atom is 0.269 e. The monoisotopic (exact) mass is 416 g/mol. The Kier molecular flexibility index (Phi) is 4.73. The average molecular weight is 416 g/mol. The van der Waals surface area contributed by atoms with E-state index in [1.807, 2.05) is 30.3 Å². The van der Waals surface area contributed by atoms with E-state index in [-0.39, 0.29) is 6.54 Å². The number of nitrogens with one attached hydrogen (secondary N) is 1. The van der Waals surface area contributed by atoms with Gasteiger partial charge in [0.2, 0.25) is 15.2 Å². The number of hydrogen-bond donors (Lipinski definition) is 1. The van der Waals surface area contributed by atoms with Gasteiger partial charge in [-0.05, 0) is 12.1 Å².